The molecule has 0 unspecified atom stereocenters. The van der Waals surface area contributed by atoms with Crippen LogP contribution >= 0.6 is 39.1 Å². The Morgan fingerprint density at radius 2 is 1.81 bits per heavy atom. The number of pyridine rings is 1. The Hall–Kier alpha value is -4.67. The van der Waals surface area contributed by atoms with Gasteiger partial charge in [0.1, 0.15) is 5.52 Å². The van der Waals surface area contributed by atoms with E-state index in [9.17, 15) is 9.59 Å². The molecule has 6 rings (SSSR count). The third-order valence-electron chi connectivity index (χ3n) is 6.61. The van der Waals surface area contributed by atoms with E-state index < -0.39 is 11.2 Å². The highest BCUT2D eigenvalue weighted by molar-refractivity contribution is 9.09. The van der Waals surface area contributed by atoms with Crippen LogP contribution in [0.5, 0.6) is 0 Å². The molecule has 204 valence electrons. The average molecular weight is 656 g/mol. The molecule has 0 aliphatic carbocycles. The van der Waals surface area contributed by atoms with Crippen molar-refractivity contribution in [3.8, 4) is 46.8 Å². The van der Waals surface area contributed by atoms with Crippen LogP contribution in [0.1, 0.15) is 5.56 Å². The predicted octanol–water partition coefficient (Wildman–Crippen LogP) is 5.63. The minimum absolute atomic E-state index is 0.0498. The van der Waals surface area contributed by atoms with Gasteiger partial charge in [0.05, 0.1) is 45.0 Å². The van der Waals surface area contributed by atoms with E-state index in [0.717, 1.165) is 10.1 Å². The first-order valence-corrected chi connectivity index (χ1v) is 14.3. The summed E-state index contributed by atoms with van der Waals surface area (Å²) in [7, 11) is 0. The molecule has 0 bridgehead atoms. The average Bonchev–Trinajstić information content (AvgIpc) is 3.42. The lowest BCUT2D eigenvalue weighted by Crippen LogP contribution is -2.42. The number of para-hydroxylation sites is 1. The summed E-state index contributed by atoms with van der Waals surface area (Å²) < 4.78 is 3.80. The van der Waals surface area contributed by atoms with Crippen molar-refractivity contribution in [2.24, 2.45) is 0 Å². The zero-order chi connectivity index (χ0) is 29.4. The molecule has 6 aromatic rings. The molecule has 3 aromatic heterocycles. The molecule has 0 spiro atoms. The van der Waals surface area contributed by atoms with E-state index in [-0.39, 0.29) is 28.6 Å². The Morgan fingerprint density at radius 3 is 2.60 bits per heavy atom. The summed E-state index contributed by atoms with van der Waals surface area (Å²) in [6.07, 6.45) is 8.88. The maximum atomic E-state index is 14.6. The van der Waals surface area contributed by atoms with Crippen LogP contribution in [0.25, 0.3) is 44.4 Å². The highest BCUT2D eigenvalue weighted by Gasteiger charge is 2.26. The maximum Gasteiger partial charge on any atom is 0.337 e. The van der Waals surface area contributed by atoms with E-state index in [1.54, 1.807) is 42.6 Å². The monoisotopic (exact) mass is 654 g/mol. The molecule has 0 atom stereocenters. The van der Waals surface area contributed by atoms with E-state index >= 15 is 0 Å². The van der Waals surface area contributed by atoms with Crippen molar-refractivity contribution in [2.45, 2.75) is 6.54 Å². The van der Waals surface area contributed by atoms with Gasteiger partial charge in [-0.25, -0.2) is 14.0 Å². The van der Waals surface area contributed by atoms with Gasteiger partial charge < -0.3 is 0 Å². The molecule has 8 nitrogen and oxygen atoms in total. The second-order valence-electron chi connectivity index (χ2n) is 9.06. The van der Waals surface area contributed by atoms with Crippen molar-refractivity contribution in [3.05, 3.63) is 110 Å². The van der Waals surface area contributed by atoms with Gasteiger partial charge in [-0.15, -0.1) is 11.5 Å². The molecule has 0 saturated heterocycles. The molecule has 0 amide bonds. The molecular weight excluding hydrogens is 639 g/mol. The fourth-order valence-corrected chi connectivity index (χ4v) is 5.24. The van der Waals surface area contributed by atoms with Gasteiger partial charge in [-0.3, -0.25) is 14.3 Å². The summed E-state index contributed by atoms with van der Waals surface area (Å²) in [4.78, 5) is 33.2. The SMILES string of the molecule is C#CCn1c(-c2ccc(Cl)c(Cl)c2)c(-n2nnc3ccccc32)c(=O)n(-c2cncc3cc(C#CCBr)ccc23)c1=O. The third kappa shape index (κ3) is 4.68. The van der Waals surface area contributed by atoms with Gasteiger partial charge >= 0.3 is 5.69 Å². The smallest absolute Gasteiger partial charge is 0.279 e. The van der Waals surface area contributed by atoms with Crippen molar-refractivity contribution in [1.29, 1.82) is 0 Å². The number of alkyl halides is 1. The molecule has 3 heterocycles. The van der Waals surface area contributed by atoms with Gasteiger partial charge in [0.15, 0.2) is 5.69 Å². The first-order valence-electron chi connectivity index (χ1n) is 12.5. The van der Waals surface area contributed by atoms with E-state index in [0.29, 0.717) is 37.7 Å². The summed E-state index contributed by atoms with van der Waals surface area (Å²) >= 11 is 15.9. The fraction of sp³-hybridized carbons (Fsp3) is 0.0645. The Labute approximate surface area is 257 Å². The van der Waals surface area contributed by atoms with Crippen molar-refractivity contribution in [3.63, 3.8) is 0 Å². The molecule has 11 heteroatoms. The van der Waals surface area contributed by atoms with Crippen LogP contribution in [0.2, 0.25) is 10.0 Å². The highest BCUT2D eigenvalue weighted by Crippen LogP contribution is 2.32. The number of hydrogen-bond donors (Lipinski definition) is 0. The zero-order valence-electron chi connectivity index (χ0n) is 21.6. The number of fused-ring (bicyclic) bond motifs is 2. The Morgan fingerprint density at radius 1 is 0.976 bits per heavy atom. The predicted molar refractivity (Wildman–Crippen MR) is 169 cm³/mol. The maximum absolute atomic E-state index is 14.6. The lowest BCUT2D eigenvalue weighted by Gasteiger charge is -2.19. The van der Waals surface area contributed by atoms with Gasteiger partial charge in [-0.05, 0) is 36.4 Å². The summed E-state index contributed by atoms with van der Waals surface area (Å²) in [5.74, 6) is 8.56. The van der Waals surface area contributed by atoms with Gasteiger partial charge in [0, 0.05) is 28.1 Å². The summed E-state index contributed by atoms with van der Waals surface area (Å²) in [6.45, 7) is -0.154. The number of terminal acetylenes is 1. The van der Waals surface area contributed by atoms with E-state index in [1.165, 1.54) is 15.4 Å². The van der Waals surface area contributed by atoms with Crippen LogP contribution in [-0.2, 0) is 6.54 Å². The second-order valence-corrected chi connectivity index (χ2v) is 10.4. The first kappa shape index (κ1) is 27.5. The van der Waals surface area contributed by atoms with Gasteiger partial charge in [0.25, 0.3) is 5.56 Å². The molecule has 0 fully saturated rings. The largest absolute Gasteiger partial charge is 0.337 e. The van der Waals surface area contributed by atoms with Crippen LogP contribution in [-0.4, -0.2) is 34.4 Å². The molecule has 0 aliphatic rings. The molecule has 0 aliphatic heterocycles. The lowest BCUT2D eigenvalue weighted by atomic mass is 10.1. The number of halogens is 3. The van der Waals surface area contributed by atoms with E-state index in [1.807, 2.05) is 24.3 Å². The fourth-order valence-electron chi connectivity index (χ4n) is 4.80. The molecule has 0 saturated carbocycles. The van der Waals surface area contributed by atoms with E-state index in [4.69, 9.17) is 29.6 Å². The minimum Gasteiger partial charge on any atom is -0.279 e. The zero-order valence-corrected chi connectivity index (χ0v) is 24.7. The lowest BCUT2D eigenvalue weighted by molar-refractivity contribution is 0.688. The Balaban J connectivity index is 1.76. The summed E-state index contributed by atoms with van der Waals surface area (Å²) in [5.41, 5.74) is 1.56. The Bertz CT molecular complexity index is 2270. The number of aromatic nitrogens is 6. The van der Waals surface area contributed by atoms with Gasteiger partial charge in [0.2, 0.25) is 0 Å². The Kier molecular flexibility index (Phi) is 7.40. The normalized spacial score (nSPS) is 10.9. The standard InChI is InChI=1S/C31H17BrCl2N6O2/c1-2-14-38-28(20-10-12-23(33)24(34)16-20)29(40-26-8-4-3-7-25(26)36-37-40)30(41)39(31(38)42)27-18-35-17-21-15-19(6-5-13-32)9-11-22(21)27/h1,3-4,7-12,15-18H,13-14H2. The van der Waals surface area contributed by atoms with E-state index in [2.05, 4.69) is 49.0 Å². The minimum atomic E-state index is -0.662. The first-order chi connectivity index (χ1) is 20.4. The third-order valence-corrected chi connectivity index (χ3v) is 7.63. The topological polar surface area (TPSA) is 87.6 Å². The molecule has 0 N–H and O–H groups in total. The number of benzene rings is 3. The molecule has 42 heavy (non-hydrogen) atoms. The molecule has 0 radical (unpaired) electrons. The van der Waals surface area contributed by atoms with Crippen LogP contribution < -0.4 is 11.2 Å². The summed E-state index contributed by atoms with van der Waals surface area (Å²) in [6, 6.07) is 17.5. The number of rotatable bonds is 4. The quantitative estimate of drug-likeness (QED) is 0.181. The second kappa shape index (κ2) is 11.3. The number of nitrogens with zero attached hydrogens (tertiary/aromatic N) is 6. The molecule has 3 aromatic carbocycles. The molecular formula is C31H17BrCl2N6O2. The van der Waals surface area contributed by atoms with Crippen molar-refractivity contribution < 1.29 is 0 Å². The van der Waals surface area contributed by atoms with Crippen LogP contribution in [0.3, 0.4) is 0 Å². The van der Waals surface area contributed by atoms with Crippen LogP contribution in [0.15, 0.2) is 82.6 Å². The number of hydrogen-bond acceptors (Lipinski definition) is 5. The van der Waals surface area contributed by atoms with Crippen molar-refractivity contribution in [2.75, 3.05) is 5.33 Å². The van der Waals surface area contributed by atoms with Gasteiger partial charge in [-0.2, -0.15) is 0 Å². The van der Waals surface area contributed by atoms with Gasteiger partial charge in [-0.1, -0.05) is 86.4 Å². The summed E-state index contributed by atoms with van der Waals surface area (Å²) in [5, 5.41) is 11.0. The van der Waals surface area contributed by atoms with Crippen molar-refractivity contribution >= 4 is 60.9 Å². The van der Waals surface area contributed by atoms with Crippen molar-refractivity contribution in [1.82, 2.24) is 29.1 Å². The van der Waals surface area contributed by atoms with Crippen LogP contribution in [0.4, 0.5) is 0 Å². The van der Waals surface area contributed by atoms with Crippen LogP contribution in [0, 0.1) is 24.2 Å². The highest BCUT2D eigenvalue weighted by atomic mass is 79.9.